The number of guanidine groups is 1. The Morgan fingerprint density at radius 2 is 1.98 bits per heavy atom. The lowest BCUT2D eigenvalue weighted by Crippen LogP contribution is -2.34. The van der Waals surface area contributed by atoms with Gasteiger partial charge in [-0.2, -0.15) is 4.98 Å². The van der Waals surface area contributed by atoms with Crippen molar-refractivity contribution in [1.29, 1.82) is 0 Å². The van der Waals surface area contributed by atoms with Crippen LogP contribution in [0.2, 0.25) is 5.02 Å². The summed E-state index contributed by atoms with van der Waals surface area (Å²) in [5.41, 5.74) is 18.8. The molecule has 2 atom stereocenters. The molecule has 1 amide bonds. The number of carbonyl (C=O) groups excluding carboxylic acids is 1. The van der Waals surface area contributed by atoms with E-state index in [0.29, 0.717) is 52.9 Å². The molecule has 2 aromatic heterocycles. The molecule has 0 radical (unpaired) electrons. The van der Waals surface area contributed by atoms with E-state index < -0.39 is 11.5 Å². The number of nitrogens with zero attached hydrogens (tertiary/aromatic N) is 3. The van der Waals surface area contributed by atoms with Crippen molar-refractivity contribution >= 4 is 34.5 Å². The van der Waals surface area contributed by atoms with Crippen molar-refractivity contribution in [2.45, 2.75) is 44.7 Å². The average Bonchev–Trinajstić information content (AvgIpc) is 3.36. The van der Waals surface area contributed by atoms with E-state index in [0.717, 1.165) is 18.4 Å². The maximum Gasteiger partial charge on any atom is 0.354 e. The molecule has 8 N–H and O–H groups in total. The van der Waals surface area contributed by atoms with Crippen molar-refractivity contribution in [3.05, 3.63) is 93.8 Å². The van der Waals surface area contributed by atoms with Crippen LogP contribution >= 0.6 is 11.6 Å². The molecule has 0 aliphatic rings. The Morgan fingerprint density at radius 1 is 1.24 bits per heavy atom. The predicted octanol–water partition coefficient (Wildman–Crippen LogP) is 3.79. The van der Waals surface area contributed by atoms with Gasteiger partial charge in [0.05, 0.1) is 16.4 Å². The molecular formula is C30H34ClFN8O2. The molecule has 2 heterocycles. The van der Waals surface area contributed by atoms with E-state index in [1.54, 1.807) is 54.7 Å². The third kappa shape index (κ3) is 7.42. The van der Waals surface area contributed by atoms with Crippen molar-refractivity contribution in [2.24, 2.45) is 22.2 Å². The number of nitrogens with one attached hydrogen (secondary N) is 2. The van der Waals surface area contributed by atoms with Crippen LogP contribution in [0.3, 0.4) is 0 Å². The number of nitrogens with two attached hydrogens (primary N) is 3. The number of hydrogen-bond acceptors (Lipinski definition) is 5. The van der Waals surface area contributed by atoms with E-state index in [-0.39, 0.29) is 29.0 Å². The lowest BCUT2D eigenvalue weighted by Gasteiger charge is -2.14. The van der Waals surface area contributed by atoms with Gasteiger partial charge in [0.15, 0.2) is 11.8 Å². The fourth-order valence-corrected chi connectivity index (χ4v) is 4.79. The van der Waals surface area contributed by atoms with Gasteiger partial charge in [0.2, 0.25) is 0 Å². The first kappa shape index (κ1) is 30.5. The van der Waals surface area contributed by atoms with Gasteiger partial charge in [-0.3, -0.25) is 14.4 Å². The number of aliphatic imine (C=N–C) groups is 1. The lowest BCUT2D eigenvalue weighted by molar-refractivity contribution is 0.0943. The van der Waals surface area contributed by atoms with E-state index in [2.05, 4.69) is 26.9 Å². The molecule has 220 valence electrons. The molecule has 4 rings (SSSR count). The molecule has 0 aliphatic carbocycles. The van der Waals surface area contributed by atoms with E-state index in [1.165, 1.54) is 4.57 Å². The second-order valence-electron chi connectivity index (χ2n) is 10.1. The van der Waals surface area contributed by atoms with Crippen LogP contribution < -0.4 is 28.2 Å². The number of aromatic amines is 1. The summed E-state index contributed by atoms with van der Waals surface area (Å²) in [5.74, 6) is -0.890. The largest absolute Gasteiger partial charge is 0.370 e. The Balaban J connectivity index is 1.55. The average molecular weight is 593 g/mol. The van der Waals surface area contributed by atoms with Gasteiger partial charge in [0.25, 0.3) is 5.91 Å². The van der Waals surface area contributed by atoms with Crippen LogP contribution in [0.15, 0.2) is 71.1 Å². The summed E-state index contributed by atoms with van der Waals surface area (Å²) in [7, 11) is 0. The molecule has 4 aromatic rings. The summed E-state index contributed by atoms with van der Waals surface area (Å²) in [6.45, 7) is 6.03. The molecule has 12 heteroatoms. The topological polar surface area (TPSA) is 170 Å². The number of aromatic nitrogens is 3. The number of fused-ring (bicyclic) bond motifs is 1. The number of amides is 1. The Labute approximate surface area is 247 Å². The minimum Gasteiger partial charge on any atom is -0.370 e. The summed E-state index contributed by atoms with van der Waals surface area (Å²) in [6.07, 6.45) is 6.11. The number of carbonyl (C=O) groups is 1. The molecule has 0 saturated carbocycles. The minimum atomic E-state index is -0.557. The SMILES string of the molecule is C=C[C@@H](CCN=C(N)N)NC(=O)c1ccc(-n2cc3cc(-c4cc(CCC[C@H](C)N)cc(Cl)c4F)[nH]c3nc2=O)cc1. The smallest absolute Gasteiger partial charge is 0.354 e. The van der Waals surface area contributed by atoms with Gasteiger partial charge in [0.1, 0.15) is 5.65 Å². The van der Waals surface area contributed by atoms with Crippen LogP contribution in [0.4, 0.5) is 4.39 Å². The standard InChI is InChI=1S/C30H34ClFN8O2/c1-3-21(11-12-36-29(34)35)37-28(41)19-7-9-22(10-8-19)40-16-20-15-25(38-27(20)39-30(40)42)23-13-18(6-4-5-17(2)33)14-24(31)26(23)32/h3,7-10,13-17,21H,1,4-6,11-12,33H2,2H3,(H,37,41)(H4,34,35,36)(H,38,39,42)/t17-,21-/m0/s1. The Bertz CT molecular complexity index is 1670. The molecule has 0 saturated heterocycles. The highest BCUT2D eigenvalue weighted by molar-refractivity contribution is 6.31. The molecule has 0 unspecified atom stereocenters. The third-order valence-corrected chi connectivity index (χ3v) is 7.03. The molecular weight excluding hydrogens is 559 g/mol. The summed E-state index contributed by atoms with van der Waals surface area (Å²) in [5, 5.41) is 3.48. The predicted molar refractivity (Wildman–Crippen MR) is 165 cm³/mol. The summed E-state index contributed by atoms with van der Waals surface area (Å²) in [6, 6.07) is 11.4. The van der Waals surface area contributed by atoms with Gasteiger partial charge < -0.3 is 27.5 Å². The molecule has 0 bridgehead atoms. The highest BCUT2D eigenvalue weighted by atomic mass is 35.5. The highest BCUT2D eigenvalue weighted by Crippen LogP contribution is 2.31. The van der Waals surface area contributed by atoms with Crippen LogP contribution in [-0.4, -0.2) is 45.0 Å². The van der Waals surface area contributed by atoms with Gasteiger partial charge >= 0.3 is 5.69 Å². The maximum absolute atomic E-state index is 15.1. The normalized spacial score (nSPS) is 12.6. The number of benzene rings is 2. The Hall–Kier alpha value is -4.48. The Morgan fingerprint density at radius 3 is 2.64 bits per heavy atom. The number of halogens is 2. The van der Waals surface area contributed by atoms with Gasteiger partial charge in [-0.25, -0.2) is 9.18 Å². The highest BCUT2D eigenvalue weighted by Gasteiger charge is 2.16. The summed E-state index contributed by atoms with van der Waals surface area (Å²) >= 11 is 6.21. The number of hydrogen-bond donors (Lipinski definition) is 5. The van der Waals surface area contributed by atoms with Crippen LogP contribution in [0.25, 0.3) is 28.0 Å². The lowest BCUT2D eigenvalue weighted by atomic mass is 10.0. The molecule has 0 aliphatic heterocycles. The van der Waals surface area contributed by atoms with Crippen LogP contribution in [0, 0.1) is 5.82 Å². The summed E-state index contributed by atoms with van der Waals surface area (Å²) in [4.78, 5) is 36.7. The summed E-state index contributed by atoms with van der Waals surface area (Å²) < 4.78 is 16.4. The van der Waals surface area contributed by atoms with Crippen molar-refractivity contribution in [3.63, 3.8) is 0 Å². The zero-order valence-electron chi connectivity index (χ0n) is 23.2. The van der Waals surface area contributed by atoms with Crippen LogP contribution in [0.5, 0.6) is 0 Å². The zero-order chi connectivity index (χ0) is 30.4. The molecule has 10 nitrogen and oxygen atoms in total. The number of H-pyrrole nitrogens is 1. The molecule has 42 heavy (non-hydrogen) atoms. The molecule has 0 fully saturated rings. The van der Waals surface area contributed by atoms with Crippen molar-refractivity contribution in [1.82, 2.24) is 19.9 Å². The first-order valence-corrected chi connectivity index (χ1v) is 13.9. The maximum atomic E-state index is 15.1. The van der Waals surface area contributed by atoms with E-state index >= 15 is 4.39 Å². The van der Waals surface area contributed by atoms with E-state index in [9.17, 15) is 9.59 Å². The van der Waals surface area contributed by atoms with Crippen LogP contribution in [0.1, 0.15) is 42.1 Å². The van der Waals surface area contributed by atoms with Gasteiger partial charge in [-0.15, -0.1) is 6.58 Å². The first-order chi connectivity index (χ1) is 20.0. The second kappa shape index (κ2) is 13.5. The fourth-order valence-electron chi connectivity index (χ4n) is 4.54. The second-order valence-corrected chi connectivity index (χ2v) is 10.6. The molecule has 2 aromatic carbocycles. The van der Waals surface area contributed by atoms with Gasteiger partial charge in [0, 0.05) is 41.3 Å². The van der Waals surface area contributed by atoms with Gasteiger partial charge in [-0.05, 0) is 80.6 Å². The van der Waals surface area contributed by atoms with Crippen molar-refractivity contribution < 1.29 is 9.18 Å². The fraction of sp³-hybridized carbons (Fsp3) is 0.267. The third-order valence-electron chi connectivity index (χ3n) is 6.75. The quantitative estimate of drug-likeness (QED) is 0.0951. The first-order valence-electron chi connectivity index (χ1n) is 13.5. The minimum absolute atomic E-state index is 0.0202. The van der Waals surface area contributed by atoms with E-state index in [4.69, 9.17) is 28.8 Å². The van der Waals surface area contributed by atoms with Gasteiger partial charge in [-0.1, -0.05) is 17.7 Å². The number of aryl methyl sites for hydroxylation is 1. The van der Waals surface area contributed by atoms with Crippen molar-refractivity contribution in [2.75, 3.05) is 6.54 Å². The van der Waals surface area contributed by atoms with Crippen LogP contribution in [-0.2, 0) is 6.42 Å². The molecule has 0 spiro atoms. The van der Waals surface area contributed by atoms with E-state index in [1.807, 2.05) is 6.92 Å². The van der Waals surface area contributed by atoms with Crippen molar-refractivity contribution in [3.8, 4) is 16.9 Å². The zero-order valence-corrected chi connectivity index (χ0v) is 24.0. The number of rotatable bonds is 12. The monoisotopic (exact) mass is 592 g/mol. The Kier molecular flexibility index (Phi) is 9.76.